The van der Waals surface area contributed by atoms with Crippen molar-refractivity contribution in [3.8, 4) is 10.6 Å². The van der Waals surface area contributed by atoms with E-state index in [0.29, 0.717) is 11.9 Å². The second-order valence-electron chi connectivity index (χ2n) is 9.84. The Balaban J connectivity index is 1.23. The van der Waals surface area contributed by atoms with Gasteiger partial charge in [-0.05, 0) is 88.8 Å². The molecule has 3 aromatic rings. The van der Waals surface area contributed by atoms with Gasteiger partial charge in [-0.15, -0.1) is 11.3 Å². The average molecular weight is 475 g/mol. The lowest BCUT2D eigenvalue weighted by Crippen LogP contribution is -2.33. The predicted octanol–water partition coefficient (Wildman–Crippen LogP) is 4.93. The normalized spacial score (nSPS) is 19.6. The first-order chi connectivity index (χ1) is 16.5. The summed E-state index contributed by atoms with van der Waals surface area (Å²) in [5, 5.41) is 3.27. The van der Waals surface area contributed by atoms with Gasteiger partial charge in [0.05, 0.1) is 21.7 Å². The Morgan fingerprint density at radius 1 is 1.18 bits per heavy atom. The molecule has 7 nitrogen and oxygen atoms in total. The maximum Gasteiger partial charge on any atom is 0.255 e. The number of aromatic nitrogens is 3. The van der Waals surface area contributed by atoms with Crippen molar-refractivity contribution in [2.24, 2.45) is 0 Å². The molecule has 1 amide bonds. The number of nitrogens with one attached hydrogen (secondary N) is 1. The van der Waals surface area contributed by atoms with Gasteiger partial charge in [0.2, 0.25) is 5.95 Å². The SMILES string of the molecule is CCN1C(=O)c2cc(-c3nc(Nc4ccc(C5CCN(C)CC5)cn4)ncc3C)sc2C12CC2. The fraction of sp³-hybridized carbons (Fsp3) is 0.462. The minimum absolute atomic E-state index is 0.0501. The molecule has 0 unspecified atom stereocenters. The zero-order chi connectivity index (χ0) is 23.4. The number of hydrogen-bond acceptors (Lipinski definition) is 7. The molecule has 0 radical (unpaired) electrons. The van der Waals surface area contributed by atoms with Gasteiger partial charge in [-0.3, -0.25) is 4.79 Å². The standard InChI is InChI=1S/C26H30N6OS/c1-4-32-24(33)19-13-20(34-23(19)26(32)9-10-26)22-16(2)14-28-25(30-22)29-21-6-5-18(15-27-21)17-7-11-31(3)12-8-17/h5-6,13-15,17H,4,7-12H2,1-3H3,(H,27,28,29,30). The molecule has 2 fully saturated rings. The van der Waals surface area contributed by atoms with Gasteiger partial charge in [-0.25, -0.2) is 15.0 Å². The van der Waals surface area contributed by atoms with E-state index in [-0.39, 0.29) is 11.4 Å². The van der Waals surface area contributed by atoms with Gasteiger partial charge < -0.3 is 15.1 Å². The van der Waals surface area contributed by atoms with Gasteiger partial charge in [0.25, 0.3) is 5.91 Å². The zero-order valence-electron chi connectivity index (χ0n) is 20.0. The Bertz CT molecular complexity index is 1240. The summed E-state index contributed by atoms with van der Waals surface area (Å²) >= 11 is 1.71. The number of aryl methyl sites for hydroxylation is 1. The Kier molecular flexibility index (Phi) is 5.18. The molecule has 1 spiro atoms. The van der Waals surface area contributed by atoms with E-state index in [1.54, 1.807) is 11.3 Å². The highest BCUT2D eigenvalue weighted by Gasteiger charge is 2.58. The maximum absolute atomic E-state index is 13.0. The summed E-state index contributed by atoms with van der Waals surface area (Å²) in [5.74, 6) is 2.01. The molecule has 1 aliphatic carbocycles. The first-order valence-corrected chi connectivity index (χ1v) is 13.0. The summed E-state index contributed by atoms with van der Waals surface area (Å²) in [6.45, 7) is 7.13. The fourth-order valence-corrected chi connectivity index (χ4v) is 6.93. The van der Waals surface area contributed by atoms with Crippen LogP contribution < -0.4 is 5.32 Å². The van der Waals surface area contributed by atoms with Crippen LogP contribution in [0.5, 0.6) is 0 Å². The van der Waals surface area contributed by atoms with Crippen molar-refractivity contribution < 1.29 is 4.79 Å². The van der Waals surface area contributed by atoms with E-state index in [4.69, 9.17) is 4.98 Å². The predicted molar refractivity (Wildman–Crippen MR) is 135 cm³/mol. The van der Waals surface area contributed by atoms with Crippen molar-refractivity contribution in [2.45, 2.75) is 51.0 Å². The van der Waals surface area contributed by atoms with Gasteiger partial charge in [0.1, 0.15) is 5.82 Å². The average Bonchev–Trinajstić information content (AvgIpc) is 3.45. The Morgan fingerprint density at radius 3 is 2.65 bits per heavy atom. The lowest BCUT2D eigenvalue weighted by molar-refractivity contribution is 0.0714. The molecule has 8 heteroatoms. The summed E-state index contributed by atoms with van der Waals surface area (Å²) in [7, 11) is 2.18. The number of carbonyl (C=O) groups excluding carboxylic acids is 1. The quantitative estimate of drug-likeness (QED) is 0.565. The number of amides is 1. The molecule has 3 aliphatic rings. The molecule has 1 N–H and O–H groups in total. The van der Waals surface area contributed by atoms with Crippen molar-refractivity contribution in [1.29, 1.82) is 0 Å². The molecule has 0 bridgehead atoms. The maximum atomic E-state index is 13.0. The molecule has 176 valence electrons. The van der Waals surface area contributed by atoms with Crippen molar-refractivity contribution in [1.82, 2.24) is 24.8 Å². The Labute approximate surface area is 204 Å². The molecule has 3 aromatic heterocycles. The third-order valence-electron chi connectivity index (χ3n) is 7.61. The summed E-state index contributed by atoms with van der Waals surface area (Å²) in [5.41, 5.74) is 3.99. The van der Waals surface area contributed by atoms with E-state index in [1.807, 2.05) is 36.4 Å². The van der Waals surface area contributed by atoms with Gasteiger partial charge in [-0.2, -0.15) is 0 Å². The highest BCUT2D eigenvalue weighted by molar-refractivity contribution is 7.16. The first kappa shape index (κ1) is 21.7. The first-order valence-electron chi connectivity index (χ1n) is 12.2. The van der Waals surface area contributed by atoms with Crippen LogP contribution in [-0.4, -0.2) is 57.3 Å². The Hall–Kier alpha value is -2.84. The molecular weight excluding hydrogens is 444 g/mol. The van der Waals surface area contributed by atoms with Crippen molar-refractivity contribution in [2.75, 3.05) is 32.0 Å². The zero-order valence-corrected chi connectivity index (χ0v) is 20.8. The minimum atomic E-state index is -0.0501. The number of likely N-dealkylation sites (tertiary alicyclic amines) is 1. The van der Waals surface area contributed by atoms with E-state index in [9.17, 15) is 4.79 Å². The number of pyridine rings is 1. The lowest BCUT2D eigenvalue weighted by atomic mass is 9.91. The highest BCUT2D eigenvalue weighted by Crippen LogP contribution is 2.59. The van der Waals surface area contributed by atoms with E-state index in [0.717, 1.165) is 60.0 Å². The third kappa shape index (κ3) is 3.51. The molecule has 0 aromatic carbocycles. The molecule has 2 aliphatic heterocycles. The fourth-order valence-electron chi connectivity index (χ4n) is 5.47. The summed E-state index contributed by atoms with van der Waals surface area (Å²) in [6.07, 6.45) is 8.31. The number of rotatable bonds is 5. The van der Waals surface area contributed by atoms with E-state index in [1.165, 1.54) is 23.3 Å². The van der Waals surface area contributed by atoms with Crippen LogP contribution in [0, 0.1) is 6.92 Å². The molecule has 5 heterocycles. The van der Waals surface area contributed by atoms with E-state index in [2.05, 4.69) is 40.2 Å². The van der Waals surface area contributed by atoms with E-state index < -0.39 is 0 Å². The molecule has 0 atom stereocenters. The van der Waals surface area contributed by atoms with Crippen molar-refractivity contribution in [3.63, 3.8) is 0 Å². The highest BCUT2D eigenvalue weighted by atomic mass is 32.1. The van der Waals surface area contributed by atoms with Crippen molar-refractivity contribution in [3.05, 3.63) is 52.2 Å². The minimum Gasteiger partial charge on any atom is -0.328 e. The van der Waals surface area contributed by atoms with Crippen LogP contribution >= 0.6 is 11.3 Å². The number of fused-ring (bicyclic) bond motifs is 2. The van der Waals surface area contributed by atoms with Gasteiger partial charge in [0.15, 0.2) is 0 Å². The molecule has 34 heavy (non-hydrogen) atoms. The monoisotopic (exact) mass is 474 g/mol. The summed E-state index contributed by atoms with van der Waals surface area (Å²) in [4.78, 5) is 33.6. The number of carbonyl (C=O) groups is 1. The number of hydrogen-bond donors (Lipinski definition) is 1. The number of anilines is 2. The van der Waals surface area contributed by atoms with Gasteiger partial charge in [0, 0.05) is 23.8 Å². The molecular formula is C26H30N6OS. The van der Waals surface area contributed by atoms with Crippen LogP contribution in [-0.2, 0) is 5.54 Å². The second kappa shape index (κ2) is 8.13. The van der Waals surface area contributed by atoms with Crippen LogP contribution in [0.1, 0.15) is 64.9 Å². The van der Waals surface area contributed by atoms with Gasteiger partial charge >= 0.3 is 0 Å². The van der Waals surface area contributed by atoms with Crippen LogP contribution in [0.25, 0.3) is 10.6 Å². The largest absolute Gasteiger partial charge is 0.328 e. The number of thiophene rings is 1. The number of nitrogens with zero attached hydrogens (tertiary/aromatic N) is 5. The Morgan fingerprint density at radius 2 is 1.97 bits per heavy atom. The van der Waals surface area contributed by atoms with Crippen molar-refractivity contribution >= 4 is 29.0 Å². The van der Waals surface area contributed by atoms with Crippen LogP contribution in [0.3, 0.4) is 0 Å². The van der Waals surface area contributed by atoms with Crippen LogP contribution in [0.4, 0.5) is 11.8 Å². The smallest absolute Gasteiger partial charge is 0.255 e. The molecule has 1 saturated heterocycles. The summed E-state index contributed by atoms with van der Waals surface area (Å²) < 4.78 is 0. The molecule has 6 rings (SSSR count). The summed E-state index contributed by atoms with van der Waals surface area (Å²) in [6, 6.07) is 6.22. The van der Waals surface area contributed by atoms with Crippen LogP contribution in [0.2, 0.25) is 0 Å². The topological polar surface area (TPSA) is 74.2 Å². The lowest BCUT2D eigenvalue weighted by Gasteiger charge is -2.29. The number of piperidine rings is 1. The third-order valence-corrected chi connectivity index (χ3v) is 8.94. The van der Waals surface area contributed by atoms with E-state index >= 15 is 0 Å². The van der Waals surface area contributed by atoms with Crippen LogP contribution in [0.15, 0.2) is 30.6 Å². The molecule has 1 saturated carbocycles. The van der Waals surface area contributed by atoms with Gasteiger partial charge in [-0.1, -0.05) is 6.07 Å². The second-order valence-corrected chi connectivity index (χ2v) is 10.9.